The van der Waals surface area contributed by atoms with Gasteiger partial charge in [-0.2, -0.15) is 0 Å². The monoisotopic (exact) mass is 450 g/mol. The summed E-state index contributed by atoms with van der Waals surface area (Å²) >= 11 is 0. The molecule has 5 nitrogen and oxygen atoms in total. The van der Waals surface area contributed by atoms with Crippen molar-refractivity contribution in [1.82, 2.24) is 0 Å². The lowest BCUT2D eigenvalue weighted by Crippen LogP contribution is -2.12. The molecule has 5 heteroatoms. The fourth-order valence-corrected chi connectivity index (χ4v) is 3.64. The van der Waals surface area contributed by atoms with Crippen LogP contribution in [0.25, 0.3) is 11.1 Å². The van der Waals surface area contributed by atoms with Crippen LogP contribution in [0.1, 0.15) is 21.5 Å². The van der Waals surface area contributed by atoms with Gasteiger partial charge in [-0.3, -0.25) is 4.79 Å². The molecule has 4 aromatic rings. The van der Waals surface area contributed by atoms with Crippen molar-refractivity contribution in [3.63, 3.8) is 0 Å². The maximum atomic E-state index is 12.5. The first-order valence-electron chi connectivity index (χ1n) is 10.9. The Morgan fingerprint density at radius 3 is 2.00 bits per heavy atom. The molecule has 4 rings (SSSR count). The van der Waals surface area contributed by atoms with Crippen molar-refractivity contribution >= 4 is 23.2 Å². The number of benzene rings is 4. The second-order valence-corrected chi connectivity index (χ2v) is 7.72. The van der Waals surface area contributed by atoms with Crippen molar-refractivity contribution in [2.24, 2.45) is 4.99 Å². The van der Waals surface area contributed by atoms with Crippen LogP contribution >= 0.6 is 0 Å². The molecule has 0 spiro atoms. The highest BCUT2D eigenvalue weighted by atomic mass is 16.5. The summed E-state index contributed by atoms with van der Waals surface area (Å²) in [5, 5.41) is 2.92. The van der Waals surface area contributed by atoms with Crippen LogP contribution in [-0.4, -0.2) is 26.0 Å². The average Bonchev–Trinajstić information content (AvgIpc) is 2.89. The molecule has 0 saturated carbocycles. The first-order chi connectivity index (χ1) is 16.6. The van der Waals surface area contributed by atoms with E-state index in [-0.39, 0.29) is 5.91 Å². The zero-order valence-corrected chi connectivity index (χ0v) is 19.4. The van der Waals surface area contributed by atoms with Crippen LogP contribution in [-0.2, 0) is 4.74 Å². The maximum absolute atomic E-state index is 12.5. The number of aliphatic imine (C=N–C) groups is 1. The highest BCUT2D eigenvalue weighted by Gasteiger charge is 2.12. The molecule has 0 bridgehead atoms. The maximum Gasteiger partial charge on any atom is 0.255 e. The summed E-state index contributed by atoms with van der Waals surface area (Å²) < 4.78 is 11.1. The third kappa shape index (κ3) is 5.15. The van der Waals surface area contributed by atoms with Crippen LogP contribution in [0.4, 0.5) is 11.4 Å². The molecule has 0 saturated heterocycles. The number of nitrogens with one attached hydrogen (secondary N) is 1. The molecule has 1 amide bonds. The zero-order valence-electron chi connectivity index (χ0n) is 19.4. The van der Waals surface area contributed by atoms with Crippen LogP contribution in [0.3, 0.4) is 0 Å². The molecule has 0 aliphatic carbocycles. The minimum absolute atomic E-state index is 0.183. The second kappa shape index (κ2) is 10.5. The topological polar surface area (TPSA) is 59.9 Å². The van der Waals surface area contributed by atoms with Gasteiger partial charge >= 0.3 is 0 Å². The van der Waals surface area contributed by atoms with E-state index >= 15 is 0 Å². The number of amides is 1. The molecule has 1 N–H and O–H groups in total. The number of carbonyl (C=O) groups is 1. The van der Waals surface area contributed by atoms with Crippen LogP contribution in [0.5, 0.6) is 5.75 Å². The first-order valence-corrected chi connectivity index (χ1v) is 10.9. The van der Waals surface area contributed by atoms with Gasteiger partial charge in [0.2, 0.25) is 5.90 Å². The number of aryl methyl sites for hydroxylation is 1. The van der Waals surface area contributed by atoms with Crippen molar-refractivity contribution < 1.29 is 14.3 Å². The SMILES string of the molecule is CO/C(=N\c1ccc(-c2ccc(NC(=O)c3ccccc3)c(OC)c2)cc1C)c1ccccc1. The van der Waals surface area contributed by atoms with Gasteiger partial charge in [0.1, 0.15) is 5.75 Å². The molecule has 170 valence electrons. The number of hydrogen-bond acceptors (Lipinski definition) is 4. The molecular weight excluding hydrogens is 424 g/mol. The van der Waals surface area contributed by atoms with Gasteiger partial charge in [0.05, 0.1) is 25.6 Å². The van der Waals surface area contributed by atoms with Gasteiger partial charge < -0.3 is 14.8 Å². The fourth-order valence-electron chi connectivity index (χ4n) is 3.64. The van der Waals surface area contributed by atoms with Gasteiger partial charge in [-0.25, -0.2) is 4.99 Å². The van der Waals surface area contributed by atoms with Crippen molar-refractivity contribution in [2.45, 2.75) is 6.92 Å². The van der Waals surface area contributed by atoms with Crippen molar-refractivity contribution in [2.75, 3.05) is 19.5 Å². The van der Waals surface area contributed by atoms with Gasteiger partial charge in [0.25, 0.3) is 5.91 Å². The highest BCUT2D eigenvalue weighted by Crippen LogP contribution is 2.33. The molecule has 0 heterocycles. The summed E-state index contributed by atoms with van der Waals surface area (Å²) in [5.41, 5.74) is 5.98. The number of hydrogen-bond donors (Lipinski definition) is 1. The summed E-state index contributed by atoms with van der Waals surface area (Å²) in [6, 6.07) is 30.7. The third-order valence-electron chi connectivity index (χ3n) is 5.45. The average molecular weight is 451 g/mol. The van der Waals surface area contributed by atoms with Crippen LogP contribution in [0, 0.1) is 6.92 Å². The Morgan fingerprint density at radius 2 is 1.38 bits per heavy atom. The van der Waals surface area contributed by atoms with Crippen LogP contribution in [0.15, 0.2) is 102 Å². The third-order valence-corrected chi connectivity index (χ3v) is 5.45. The lowest BCUT2D eigenvalue weighted by Gasteiger charge is -2.13. The summed E-state index contributed by atoms with van der Waals surface area (Å²) in [6.45, 7) is 2.02. The molecule has 0 aromatic heterocycles. The Hall–Kier alpha value is -4.38. The predicted molar refractivity (Wildman–Crippen MR) is 137 cm³/mol. The van der Waals surface area contributed by atoms with Crippen molar-refractivity contribution in [3.05, 3.63) is 114 Å². The first kappa shape index (κ1) is 22.8. The molecule has 0 atom stereocenters. The molecule has 0 unspecified atom stereocenters. The van der Waals surface area contributed by atoms with E-state index in [2.05, 4.69) is 11.4 Å². The normalized spacial score (nSPS) is 11.1. The summed E-state index contributed by atoms with van der Waals surface area (Å²) in [6.07, 6.45) is 0. The van der Waals surface area contributed by atoms with Gasteiger partial charge in [0.15, 0.2) is 0 Å². The molecule has 0 fully saturated rings. The van der Waals surface area contributed by atoms with Gasteiger partial charge in [-0.05, 0) is 72.1 Å². The number of nitrogens with zero attached hydrogens (tertiary/aromatic N) is 1. The van der Waals surface area contributed by atoms with Crippen molar-refractivity contribution in [3.8, 4) is 16.9 Å². The van der Waals surface area contributed by atoms with Crippen molar-refractivity contribution in [1.29, 1.82) is 0 Å². The number of rotatable bonds is 6. The Bertz CT molecular complexity index is 1320. The summed E-state index contributed by atoms with van der Waals surface area (Å²) in [5.74, 6) is 0.973. The molecule has 34 heavy (non-hydrogen) atoms. The van der Waals surface area contributed by atoms with E-state index < -0.39 is 0 Å². The van der Waals surface area contributed by atoms with Gasteiger partial charge in [-0.1, -0.05) is 48.5 Å². The highest BCUT2D eigenvalue weighted by molar-refractivity contribution is 6.05. The van der Waals surface area contributed by atoms with Crippen LogP contribution in [0.2, 0.25) is 0 Å². The minimum atomic E-state index is -0.183. The lowest BCUT2D eigenvalue weighted by atomic mass is 10.0. The fraction of sp³-hybridized carbons (Fsp3) is 0.103. The largest absolute Gasteiger partial charge is 0.495 e. The van der Waals surface area contributed by atoms with Crippen LogP contribution < -0.4 is 10.1 Å². The molecule has 0 aliphatic rings. The quantitative estimate of drug-likeness (QED) is 0.264. The standard InChI is InChI=1S/C29H26N2O3/c1-20-18-23(14-16-25(20)31-29(34-3)22-12-8-5-9-13-22)24-15-17-26(27(19-24)33-2)30-28(32)21-10-6-4-7-11-21/h4-19H,1-3H3,(H,30,32)/b31-29-. The number of carbonyl (C=O) groups excluding carboxylic acids is 1. The Balaban J connectivity index is 1.59. The van der Waals surface area contributed by atoms with E-state index in [1.165, 1.54) is 0 Å². The van der Waals surface area contributed by atoms with Gasteiger partial charge in [-0.15, -0.1) is 0 Å². The lowest BCUT2D eigenvalue weighted by molar-refractivity contribution is 0.102. The number of anilines is 1. The van der Waals surface area contributed by atoms with E-state index in [4.69, 9.17) is 14.5 Å². The van der Waals surface area contributed by atoms with E-state index in [1.807, 2.05) is 85.8 Å². The smallest absolute Gasteiger partial charge is 0.255 e. The second-order valence-electron chi connectivity index (χ2n) is 7.72. The van der Waals surface area contributed by atoms with Gasteiger partial charge in [0, 0.05) is 11.1 Å². The Labute approximate surface area is 199 Å². The molecule has 0 aliphatic heterocycles. The minimum Gasteiger partial charge on any atom is -0.495 e. The zero-order chi connectivity index (χ0) is 23.9. The summed E-state index contributed by atoms with van der Waals surface area (Å²) in [4.78, 5) is 17.3. The number of methoxy groups -OCH3 is 2. The van der Waals surface area contributed by atoms with E-state index in [9.17, 15) is 4.79 Å². The molecular formula is C29H26N2O3. The Morgan fingerprint density at radius 1 is 0.765 bits per heavy atom. The number of ether oxygens (including phenoxy) is 2. The van der Waals surface area contributed by atoms with E-state index in [1.54, 1.807) is 26.4 Å². The summed E-state index contributed by atoms with van der Waals surface area (Å²) in [7, 11) is 3.22. The molecule has 4 aromatic carbocycles. The van der Waals surface area contributed by atoms with E-state index in [0.29, 0.717) is 22.9 Å². The van der Waals surface area contributed by atoms with E-state index in [0.717, 1.165) is 27.9 Å². The molecule has 0 radical (unpaired) electrons. The predicted octanol–water partition coefficient (Wildman–Crippen LogP) is 6.65. The Kier molecular flexibility index (Phi) is 7.04.